The van der Waals surface area contributed by atoms with Gasteiger partial charge in [-0.3, -0.25) is 4.79 Å². The highest BCUT2D eigenvalue weighted by atomic mass is 16.5. The monoisotopic (exact) mass is 354 g/mol. The van der Waals surface area contributed by atoms with Gasteiger partial charge >= 0.3 is 5.97 Å². The van der Waals surface area contributed by atoms with Crippen molar-refractivity contribution in [2.24, 2.45) is 0 Å². The Labute approximate surface area is 149 Å². The van der Waals surface area contributed by atoms with Gasteiger partial charge in [-0.2, -0.15) is 0 Å². The molecule has 1 heterocycles. The van der Waals surface area contributed by atoms with Crippen LogP contribution in [-0.4, -0.2) is 24.3 Å². The molecule has 6 nitrogen and oxygen atoms in total. The summed E-state index contributed by atoms with van der Waals surface area (Å²) in [6.45, 7) is 3.22. The number of hydrogen-bond donors (Lipinski definition) is 1. The Balaban J connectivity index is 2.25. The number of fused-ring (bicyclic) bond motifs is 1. The number of benzene rings is 2. The van der Waals surface area contributed by atoms with Gasteiger partial charge in [0.1, 0.15) is 11.3 Å². The number of methoxy groups -OCH3 is 1. The van der Waals surface area contributed by atoms with Crippen LogP contribution in [0, 0.1) is 6.92 Å². The zero-order valence-corrected chi connectivity index (χ0v) is 14.6. The largest absolute Gasteiger partial charge is 0.497 e. The maximum absolute atomic E-state index is 13.0. The van der Waals surface area contributed by atoms with Crippen molar-refractivity contribution >= 4 is 16.9 Å². The standard InChI is InChI=1S/C20H18O6/c1-11-4-9-16-15(10-11)17(21)19(25-12(2)20(22)23)18(26-16)13-5-7-14(24-3)8-6-13/h4-10,12H,1-3H3,(H,22,23)/t12-/m0/s1. The Hall–Kier alpha value is -3.28. The van der Waals surface area contributed by atoms with Crippen LogP contribution in [0.5, 0.6) is 11.5 Å². The predicted molar refractivity (Wildman–Crippen MR) is 96.9 cm³/mol. The summed E-state index contributed by atoms with van der Waals surface area (Å²) < 4.78 is 16.5. The van der Waals surface area contributed by atoms with E-state index in [0.717, 1.165) is 5.56 Å². The van der Waals surface area contributed by atoms with Gasteiger partial charge in [0.25, 0.3) is 0 Å². The van der Waals surface area contributed by atoms with Crippen molar-refractivity contribution in [1.82, 2.24) is 0 Å². The van der Waals surface area contributed by atoms with Crippen molar-refractivity contribution in [3.63, 3.8) is 0 Å². The van der Waals surface area contributed by atoms with E-state index < -0.39 is 17.5 Å². The molecule has 1 aromatic heterocycles. The molecule has 1 N–H and O–H groups in total. The predicted octanol–water partition coefficient (Wildman–Crippen LogP) is 3.63. The van der Waals surface area contributed by atoms with Gasteiger partial charge in [-0.15, -0.1) is 0 Å². The number of carboxylic acids is 1. The highest BCUT2D eigenvalue weighted by Crippen LogP contribution is 2.32. The Morgan fingerprint density at radius 3 is 2.46 bits per heavy atom. The molecule has 2 aromatic carbocycles. The van der Waals surface area contributed by atoms with Gasteiger partial charge in [-0.1, -0.05) is 11.6 Å². The Bertz CT molecular complexity index is 1020. The van der Waals surface area contributed by atoms with Crippen LogP contribution >= 0.6 is 0 Å². The van der Waals surface area contributed by atoms with Crippen molar-refractivity contribution in [3.05, 3.63) is 58.3 Å². The van der Waals surface area contributed by atoms with Crippen LogP contribution in [-0.2, 0) is 4.79 Å². The van der Waals surface area contributed by atoms with Gasteiger partial charge < -0.3 is 19.0 Å². The molecule has 1 atom stereocenters. The third-order valence-electron chi connectivity index (χ3n) is 4.00. The van der Waals surface area contributed by atoms with Crippen LogP contribution in [0.15, 0.2) is 51.7 Å². The SMILES string of the molecule is COc1ccc(-c2oc3ccc(C)cc3c(=O)c2O[C@@H](C)C(=O)O)cc1. The smallest absolute Gasteiger partial charge is 0.344 e. The molecule has 0 aliphatic heterocycles. The second-order valence-corrected chi connectivity index (χ2v) is 5.92. The summed E-state index contributed by atoms with van der Waals surface area (Å²) in [5, 5.41) is 9.49. The van der Waals surface area contributed by atoms with Crippen LogP contribution in [0.25, 0.3) is 22.3 Å². The number of ether oxygens (including phenoxy) is 2. The molecular formula is C20H18O6. The third kappa shape index (κ3) is 3.26. The molecule has 0 saturated carbocycles. The average Bonchev–Trinajstić information content (AvgIpc) is 2.64. The summed E-state index contributed by atoms with van der Waals surface area (Å²) in [5.41, 5.74) is 1.47. The van der Waals surface area contributed by atoms with Gasteiger partial charge in [0, 0.05) is 5.56 Å². The molecule has 0 saturated heterocycles. The number of carboxylic acid groups (broad SMARTS) is 1. The maximum Gasteiger partial charge on any atom is 0.344 e. The first-order chi connectivity index (χ1) is 12.4. The highest BCUT2D eigenvalue weighted by Gasteiger charge is 2.22. The van der Waals surface area contributed by atoms with E-state index in [4.69, 9.17) is 19.0 Å². The Morgan fingerprint density at radius 2 is 1.85 bits per heavy atom. The summed E-state index contributed by atoms with van der Waals surface area (Å²) in [5.74, 6) is -0.464. The van der Waals surface area contributed by atoms with Crippen molar-refractivity contribution < 1.29 is 23.8 Å². The summed E-state index contributed by atoms with van der Waals surface area (Å²) in [7, 11) is 1.55. The molecule has 6 heteroatoms. The minimum atomic E-state index is -1.20. The van der Waals surface area contributed by atoms with Crippen LogP contribution in [0.3, 0.4) is 0 Å². The fraction of sp³-hybridized carbons (Fsp3) is 0.200. The Kier molecular flexibility index (Phi) is 4.67. The molecule has 26 heavy (non-hydrogen) atoms. The van der Waals surface area contributed by atoms with Crippen LogP contribution < -0.4 is 14.9 Å². The number of aryl methyl sites for hydroxylation is 1. The lowest BCUT2D eigenvalue weighted by molar-refractivity contribution is -0.144. The summed E-state index contributed by atoms with van der Waals surface area (Å²) in [6, 6.07) is 12.1. The minimum absolute atomic E-state index is 0.122. The van der Waals surface area contributed by atoms with E-state index in [-0.39, 0.29) is 11.5 Å². The molecule has 0 bridgehead atoms. The van der Waals surface area contributed by atoms with Gasteiger partial charge in [0.05, 0.1) is 12.5 Å². The molecular weight excluding hydrogens is 336 g/mol. The molecule has 0 aliphatic rings. The molecule has 0 radical (unpaired) electrons. The van der Waals surface area contributed by atoms with Crippen LogP contribution in [0.2, 0.25) is 0 Å². The summed E-state index contributed by atoms with van der Waals surface area (Å²) in [6.07, 6.45) is -1.20. The lowest BCUT2D eigenvalue weighted by Crippen LogP contribution is -2.26. The van der Waals surface area contributed by atoms with E-state index >= 15 is 0 Å². The molecule has 0 fully saturated rings. The van der Waals surface area contributed by atoms with E-state index in [9.17, 15) is 9.59 Å². The van der Waals surface area contributed by atoms with E-state index in [1.165, 1.54) is 6.92 Å². The van der Waals surface area contributed by atoms with Crippen molar-refractivity contribution in [1.29, 1.82) is 0 Å². The Morgan fingerprint density at radius 1 is 1.15 bits per heavy atom. The quantitative estimate of drug-likeness (QED) is 0.753. The summed E-state index contributed by atoms with van der Waals surface area (Å²) >= 11 is 0. The second kappa shape index (κ2) is 6.92. The fourth-order valence-electron chi connectivity index (χ4n) is 2.56. The molecule has 3 aromatic rings. The zero-order valence-electron chi connectivity index (χ0n) is 14.6. The van der Waals surface area contributed by atoms with Gasteiger partial charge in [-0.05, 0) is 50.2 Å². The van der Waals surface area contributed by atoms with Gasteiger partial charge in [0.2, 0.25) is 11.2 Å². The first kappa shape index (κ1) is 17.5. The average molecular weight is 354 g/mol. The molecule has 0 aliphatic carbocycles. The van der Waals surface area contributed by atoms with Crippen molar-refractivity contribution in [2.45, 2.75) is 20.0 Å². The minimum Gasteiger partial charge on any atom is -0.497 e. The van der Waals surface area contributed by atoms with Crippen molar-refractivity contribution in [2.75, 3.05) is 7.11 Å². The van der Waals surface area contributed by atoms with Gasteiger partial charge in [-0.25, -0.2) is 4.79 Å². The van der Waals surface area contributed by atoms with Crippen molar-refractivity contribution in [3.8, 4) is 22.8 Å². The van der Waals surface area contributed by atoms with Crippen LogP contribution in [0.1, 0.15) is 12.5 Å². The fourth-order valence-corrected chi connectivity index (χ4v) is 2.56. The van der Waals surface area contributed by atoms with Gasteiger partial charge in [0.15, 0.2) is 11.9 Å². The number of aliphatic carboxylic acids is 1. The maximum atomic E-state index is 13.0. The second-order valence-electron chi connectivity index (χ2n) is 5.92. The number of carbonyl (C=O) groups is 1. The topological polar surface area (TPSA) is 86.0 Å². The number of rotatable bonds is 5. The zero-order chi connectivity index (χ0) is 18.8. The summed E-state index contributed by atoms with van der Waals surface area (Å²) in [4.78, 5) is 24.1. The first-order valence-corrected chi connectivity index (χ1v) is 8.02. The van der Waals surface area contributed by atoms with E-state index in [1.54, 1.807) is 43.5 Å². The molecule has 3 rings (SSSR count). The normalized spacial score (nSPS) is 12.0. The lowest BCUT2D eigenvalue weighted by atomic mass is 10.1. The van der Waals surface area contributed by atoms with E-state index in [2.05, 4.69) is 0 Å². The molecule has 134 valence electrons. The molecule has 0 amide bonds. The highest BCUT2D eigenvalue weighted by molar-refractivity contribution is 5.83. The first-order valence-electron chi connectivity index (χ1n) is 8.02. The van der Waals surface area contributed by atoms with E-state index in [0.29, 0.717) is 22.3 Å². The lowest BCUT2D eigenvalue weighted by Gasteiger charge is -2.14. The third-order valence-corrected chi connectivity index (χ3v) is 4.00. The van der Waals surface area contributed by atoms with Crippen LogP contribution in [0.4, 0.5) is 0 Å². The molecule has 0 unspecified atom stereocenters. The molecule has 0 spiro atoms. The van der Waals surface area contributed by atoms with E-state index in [1.807, 2.05) is 13.0 Å². The number of hydrogen-bond acceptors (Lipinski definition) is 5.